The number of benzene rings is 1. The van der Waals surface area contributed by atoms with E-state index in [0.717, 1.165) is 12.8 Å². The summed E-state index contributed by atoms with van der Waals surface area (Å²) in [5, 5.41) is 0. The minimum absolute atomic E-state index is 0.0948. The number of carbonyl (C=O) groups excluding carboxylic acids is 2. The molecule has 90 valence electrons. The van der Waals surface area contributed by atoms with Gasteiger partial charge in [0.1, 0.15) is 6.04 Å². The van der Waals surface area contributed by atoms with Gasteiger partial charge < -0.3 is 0 Å². The summed E-state index contributed by atoms with van der Waals surface area (Å²) in [7, 11) is 0. The number of nitrogens with zero attached hydrogens (tertiary/aromatic N) is 1. The number of carbonyl (C=O) groups is 1. The zero-order chi connectivity index (χ0) is 12.7. The Balaban J connectivity index is 2.99. The van der Waals surface area contributed by atoms with Crippen LogP contribution < -0.4 is 0 Å². The van der Waals surface area contributed by atoms with Crippen LogP contribution >= 0.6 is 0 Å². The third kappa shape index (κ3) is 3.36. The van der Waals surface area contributed by atoms with Crippen molar-refractivity contribution in [3.05, 3.63) is 35.9 Å². The Bertz CT molecular complexity index is 403. The maximum atomic E-state index is 12.2. The van der Waals surface area contributed by atoms with Gasteiger partial charge >= 0.3 is 0 Å². The lowest BCUT2D eigenvalue weighted by atomic mass is 9.89. The molecule has 0 heterocycles. The molecule has 0 aliphatic carbocycles. The molecule has 0 saturated carbocycles. The number of isocyanates is 1. The van der Waals surface area contributed by atoms with Gasteiger partial charge in [0.15, 0.2) is 5.78 Å². The van der Waals surface area contributed by atoms with Gasteiger partial charge in [0.2, 0.25) is 6.08 Å². The lowest BCUT2D eigenvalue weighted by Gasteiger charge is -2.18. The van der Waals surface area contributed by atoms with E-state index in [2.05, 4.69) is 4.99 Å². The summed E-state index contributed by atoms with van der Waals surface area (Å²) in [6.45, 7) is 4.00. The molecule has 0 radical (unpaired) electrons. The lowest BCUT2D eigenvalue weighted by molar-refractivity contribution is 0.0929. The molecule has 1 aromatic carbocycles. The van der Waals surface area contributed by atoms with Crippen LogP contribution in [0.1, 0.15) is 37.0 Å². The molecule has 1 aromatic rings. The van der Waals surface area contributed by atoms with Crippen molar-refractivity contribution in [3.63, 3.8) is 0 Å². The standard InChI is InChI=1S/C14H17NO2/c1-3-11(4-2)13(15-10-16)14(17)12-8-6-5-7-9-12/h5-9,11,13H,3-4H2,1-2H3/t13-/m0/s1. The number of ketones is 1. The smallest absolute Gasteiger partial charge is 0.235 e. The highest BCUT2D eigenvalue weighted by Gasteiger charge is 2.26. The molecule has 0 bridgehead atoms. The van der Waals surface area contributed by atoms with Gasteiger partial charge in [0.25, 0.3) is 0 Å². The first-order valence-electron chi connectivity index (χ1n) is 5.90. The van der Waals surface area contributed by atoms with Crippen molar-refractivity contribution in [1.29, 1.82) is 0 Å². The molecule has 0 aliphatic rings. The van der Waals surface area contributed by atoms with Crippen LogP contribution in [0.2, 0.25) is 0 Å². The molecule has 0 aliphatic heterocycles. The van der Waals surface area contributed by atoms with Crippen molar-refractivity contribution in [3.8, 4) is 0 Å². The van der Waals surface area contributed by atoms with Crippen LogP contribution in [0, 0.1) is 5.92 Å². The predicted octanol–water partition coefficient (Wildman–Crippen LogP) is 3.01. The molecule has 0 fully saturated rings. The van der Waals surface area contributed by atoms with E-state index >= 15 is 0 Å². The second kappa shape index (κ2) is 6.77. The molecule has 0 unspecified atom stereocenters. The fourth-order valence-electron chi connectivity index (χ4n) is 1.94. The molecule has 0 saturated heterocycles. The monoisotopic (exact) mass is 231 g/mol. The predicted molar refractivity (Wildman–Crippen MR) is 66.8 cm³/mol. The molecule has 3 heteroatoms. The molecule has 17 heavy (non-hydrogen) atoms. The van der Waals surface area contributed by atoms with Gasteiger partial charge in [-0.15, -0.1) is 0 Å². The SMILES string of the molecule is CCC(CC)[C@H](N=C=O)C(=O)c1ccccc1. The van der Waals surface area contributed by atoms with E-state index in [4.69, 9.17) is 0 Å². The molecular formula is C14H17NO2. The normalized spacial score (nSPS) is 11.9. The summed E-state index contributed by atoms with van der Waals surface area (Å²) in [6.07, 6.45) is 3.17. The highest BCUT2D eigenvalue weighted by atomic mass is 16.1. The van der Waals surface area contributed by atoms with Crippen molar-refractivity contribution < 1.29 is 9.59 Å². The Morgan fingerprint density at radius 2 is 1.82 bits per heavy atom. The fraction of sp³-hybridized carbons (Fsp3) is 0.429. The van der Waals surface area contributed by atoms with E-state index in [0.29, 0.717) is 5.56 Å². The largest absolute Gasteiger partial charge is 0.292 e. The molecule has 3 nitrogen and oxygen atoms in total. The van der Waals surface area contributed by atoms with Gasteiger partial charge in [0.05, 0.1) is 0 Å². The van der Waals surface area contributed by atoms with Crippen LogP contribution in [0.3, 0.4) is 0 Å². The first-order valence-corrected chi connectivity index (χ1v) is 5.90. The van der Waals surface area contributed by atoms with E-state index in [1.165, 1.54) is 6.08 Å². The first-order chi connectivity index (χ1) is 8.24. The van der Waals surface area contributed by atoms with E-state index in [1.807, 2.05) is 32.0 Å². The number of rotatable bonds is 6. The highest BCUT2D eigenvalue weighted by Crippen LogP contribution is 2.20. The highest BCUT2D eigenvalue weighted by molar-refractivity contribution is 6.00. The number of aliphatic imine (C=N–C) groups is 1. The molecular weight excluding hydrogens is 214 g/mol. The maximum absolute atomic E-state index is 12.2. The Morgan fingerprint density at radius 1 is 1.24 bits per heavy atom. The molecule has 1 atom stereocenters. The van der Waals surface area contributed by atoms with Crippen molar-refractivity contribution in [1.82, 2.24) is 0 Å². The van der Waals surface area contributed by atoms with E-state index in [1.54, 1.807) is 12.1 Å². The minimum Gasteiger partial charge on any atom is -0.292 e. The van der Waals surface area contributed by atoms with Crippen LogP contribution in [0.5, 0.6) is 0 Å². The molecule has 0 amide bonds. The molecule has 0 spiro atoms. The number of Topliss-reactive ketones (excluding diaryl/α,β-unsaturated/α-hetero) is 1. The van der Waals surface area contributed by atoms with Crippen molar-refractivity contribution in [2.75, 3.05) is 0 Å². The van der Waals surface area contributed by atoms with Crippen molar-refractivity contribution in [2.45, 2.75) is 32.7 Å². The lowest BCUT2D eigenvalue weighted by Crippen LogP contribution is -2.27. The summed E-state index contributed by atoms with van der Waals surface area (Å²) in [5.41, 5.74) is 0.600. The maximum Gasteiger partial charge on any atom is 0.235 e. The second-order valence-corrected chi connectivity index (χ2v) is 3.97. The van der Waals surface area contributed by atoms with Crippen LogP contribution in [-0.4, -0.2) is 17.9 Å². The summed E-state index contributed by atoms with van der Waals surface area (Å²) in [4.78, 5) is 26.4. The summed E-state index contributed by atoms with van der Waals surface area (Å²) in [6, 6.07) is 8.37. The summed E-state index contributed by atoms with van der Waals surface area (Å²) >= 11 is 0. The Hall–Kier alpha value is -1.73. The topological polar surface area (TPSA) is 46.5 Å². The zero-order valence-corrected chi connectivity index (χ0v) is 10.2. The van der Waals surface area contributed by atoms with Crippen molar-refractivity contribution >= 4 is 11.9 Å². The average Bonchev–Trinajstić information content (AvgIpc) is 2.39. The van der Waals surface area contributed by atoms with Gasteiger partial charge in [0, 0.05) is 5.56 Å². The van der Waals surface area contributed by atoms with Crippen LogP contribution in [0.15, 0.2) is 35.3 Å². The van der Waals surface area contributed by atoms with Gasteiger partial charge in [-0.1, -0.05) is 57.0 Å². The van der Waals surface area contributed by atoms with Crippen molar-refractivity contribution in [2.24, 2.45) is 10.9 Å². The molecule has 0 aromatic heterocycles. The third-order valence-corrected chi connectivity index (χ3v) is 3.01. The minimum atomic E-state index is -0.593. The third-order valence-electron chi connectivity index (χ3n) is 3.01. The average molecular weight is 231 g/mol. The second-order valence-electron chi connectivity index (χ2n) is 3.97. The summed E-state index contributed by atoms with van der Waals surface area (Å²) < 4.78 is 0. The zero-order valence-electron chi connectivity index (χ0n) is 10.2. The van der Waals surface area contributed by atoms with E-state index in [9.17, 15) is 9.59 Å². The first kappa shape index (κ1) is 13.3. The number of hydrogen-bond donors (Lipinski definition) is 0. The Labute approximate surface area is 102 Å². The van der Waals surface area contributed by atoms with Gasteiger partial charge in [-0.05, 0) is 5.92 Å². The van der Waals surface area contributed by atoms with E-state index < -0.39 is 6.04 Å². The number of hydrogen-bond acceptors (Lipinski definition) is 3. The van der Waals surface area contributed by atoms with Crippen LogP contribution in [0.25, 0.3) is 0 Å². The fourth-order valence-corrected chi connectivity index (χ4v) is 1.94. The van der Waals surface area contributed by atoms with Gasteiger partial charge in [-0.3, -0.25) is 4.79 Å². The molecule has 1 rings (SSSR count). The van der Waals surface area contributed by atoms with Crippen LogP contribution in [-0.2, 0) is 4.79 Å². The quantitative estimate of drug-likeness (QED) is 0.429. The van der Waals surface area contributed by atoms with Crippen LogP contribution in [0.4, 0.5) is 0 Å². The summed E-state index contributed by atoms with van der Waals surface area (Å²) in [5.74, 6) is 0.00630. The Morgan fingerprint density at radius 3 is 2.29 bits per heavy atom. The molecule has 0 N–H and O–H groups in total. The Kier molecular flexibility index (Phi) is 5.31. The van der Waals surface area contributed by atoms with E-state index in [-0.39, 0.29) is 11.7 Å². The van der Waals surface area contributed by atoms with Gasteiger partial charge in [-0.2, -0.15) is 4.99 Å². The van der Waals surface area contributed by atoms with Gasteiger partial charge in [-0.25, -0.2) is 4.79 Å².